The van der Waals surface area contributed by atoms with Crippen molar-refractivity contribution >= 4 is 23.2 Å². The number of anilines is 2. The Balaban J connectivity index is 1.69. The summed E-state index contributed by atoms with van der Waals surface area (Å²) in [6.45, 7) is 2.57. The van der Waals surface area contributed by atoms with Gasteiger partial charge in [0, 0.05) is 17.9 Å². The van der Waals surface area contributed by atoms with Crippen LogP contribution in [0.1, 0.15) is 12.0 Å². The fourth-order valence-corrected chi connectivity index (χ4v) is 2.65. The van der Waals surface area contributed by atoms with E-state index < -0.39 is 5.92 Å². The standard InChI is InChI=1S/C18H18N2O2/c1-13-7-9-14(10-8-13)19-17(21)16-11-12-20(18(16)22)15-5-3-2-4-6-15/h2-10,16H,11-12H2,1H3,(H,19,21)/t16-/m0/s1. The van der Waals surface area contributed by atoms with Crippen molar-refractivity contribution in [3.63, 3.8) is 0 Å². The summed E-state index contributed by atoms with van der Waals surface area (Å²) in [7, 11) is 0. The van der Waals surface area contributed by atoms with Crippen LogP contribution in [0.4, 0.5) is 11.4 Å². The fourth-order valence-electron chi connectivity index (χ4n) is 2.65. The van der Waals surface area contributed by atoms with Crippen LogP contribution in [-0.2, 0) is 9.59 Å². The Hall–Kier alpha value is -2.62. The molecule has 1 N–H and O–H groups in total. The third-order valence-electron chi connectivity index (χ3n) is 3.91. The van der Waals surface area contributed by atoms with Crippen LogP contribution < -0.4 is 10.2 Å². The molecule has 22 heavy (non-hydrogen) atoms. The van der Waals surface area contributed by atoms with Gasteiger partial charge in [-0.15, -0.1) is 0 Å². The fraction of sp³-hybridized carbons (Fsp3) is 0.222. The molecule has 0 aliphatic carbocycles. The molecule has 1 fully saturated rings. The number of aryl methyl sites for hydroxylation is 1. The van der Waals surface area contributed by atoms with E-state index in [1.807, 2.05) is 61.5 Å². The number of carbonyl (C=O) groups excluding carboxylic acids is 2. The Kier molecular flexibility index (Phi) is 3.92. The van der Waals surface area contributed by atoms with Crippen LogP contribution >= 0.6 is 0 Å². The minimum atomic E-state index is -0.610. The predicted molar refractivity (Wildman–Crippen MR) is 86.7 cm³/mol. The Morgan fingerprint density at radius 3 is 2.45 bits per heavy atom. The molecule has 3 rings (SSSR count). The van der Waals surface area contributed by atoms with Crippen LogP contribution in [0, 0.1) is 12.8 Å². The minimum absolute atomic E-state index is 0.129. The molecule has 4 nitrogen and oxygen atoms in total. The van der Waals surface area contributed by atoms with Crippen molar-refractivity contribution in [1.82, 2.24) is 0 Å². The maximum absolute atomic E-state index is 12.5. The number of hydrogen-bond acceptors (Lipinski definition) is 2. The zero-order valence-corrected chi connectivity index (χ0v) is 12.5. The molecular weight excluding hydrogens is 276 g/mol. The molecule has 2 aromatic carbocycles. The van der Waals surface area contributed by atoms with Gasteiger partial charge in [-0.05, 0) is 37.6 Å². The van der Waals surface area contributed by atoms with E-state index in [1.165, 1.54) is 0 Å². The molecule has 1 aliphatic heterocycles. The molecular formula is C18H18N2O2. The second kappa shape index (κ2) is 6.02. The Labute approximate surface area is 129 Å². The summed E-state index contributed by atoms with van der Waals surface area (Å²) >= 11 is 0. The van der Waals surface area contributed by atoms with Crippen molar-refractivity contribution in [3.05, 3.63) is 60.2 Å². The van der Waals surface area contributed by atoms with Gasteiger partial charge in [0.2, 0.25) is 11.8 Å². The molecule has 1 aliphatic rings. The first kappa shape index (κ1) is 14.3. The lowest BCUT2D eigenvalue weighted by Crippen LogP contribution is -2.33. The van der Waals surface area contributed by atoms with Crippen molar-refractivity contribution < 1.29 is 9.59 Å². The van der Waals surface area contributed by atoms with E-state index in [0.717, 1.165) is 16.9 Å². The summed E-state index contributed by atoms with van der Waals surface area (Å²) in [6.07, 6.45) is 0.547. The molecule has 0 bridgehead atoms. The van der Waals surface area contributed by atoms with Crippen molar-refractivity contribution in [3.8, 4) is 0 Å². The van der Waals surface area contributed by atoms with Crippen LogP contribution in [0.25, 0.3) is 0 Å². The number of para-hydroxylation sites is 1. The summed E-state index contributed by atoms with van der Waals surface area (Å²) in [5, 5.41) is 2.83. The van der Waals surface area contributed by atoms with Gasteiger partial charge < -0.3 is 10.2 Å². The average molecular weight is 294 g/mol. The van der Waals surface area contributed by atoms with Crippen LogP contribution in [0.2, 0.25) is 0 Å². The number of amides is 2. The lowest BCUT2D eigenvalue weighted by molar-refractivity contribution is -0.129. The highest BCUT2D eigenvalue weighted by Gasteiger charge is 2.37. The Bertz CT molecular complexity index is 680. The van der Waals surface area contributed by atoms with E-state index >= 15 is 0 Å². The lowest BCUT2D eigenvalue weighted by atomic mass is 10.1. The van der Waals surface area contributed by atoms with E-state index in [2.05, 4.69) is 5.32 Å². The lowest BCUT2D eigenvalue weighted by Gasteiger charge is -2.16. The smallest absolute Gasteiger partial charge is 0.239 e. The van der Waals surface area contributed by atoms with Gasteiger partial charge in [0.05, 0.1) is 0 Å². The highest BCUT2D eigenvalue weighted by Crippen LogP contribution is 2.26. The molecule has 2 amide bonds. The van der Waals surface area contributed by atoms with Gasteiger partial charge in [-0.2, -0.15) is 0 Å². The maximum atomic E-state index is 12.5. The van der Waals surface area contributed by atoms with Gasteiger partial charge in [-0.25, -0.2) is 0 Å². The van der Waals surface area contributed by atoms with Crippen molar-refractivity contribution in [2.24, 2.45) is 5.92 Å². The summed E-state index contributed by atoms with van der Waals surface area (Å²) in [5.74, 6) is -0.968. The summed E-state index contributed by atoms with van der Waals surface area (Å²) < 4.78 is 0. The largest absolute Gasteiger partial charge is 0.325 e. The second-order valence-electron chi connectivity index (χ2n) is 5.52. The molecule has 4 heteroatoms. The van der Waals surface area contributed by atoms with Crippen molar-refractivity contribution in [2.75, 3.05) is 16.8 Å². The van der Waals surface area contributed by atoms with Crippen LogP contribution in [0.15, 0.2) is 54.6 Å². The number of hydrogen-bond donors (Lipinski definition) is 1. The number of benzene rings is 2. The zero-order valence-electron chi connectivity index (χ0n) is 12.5. The SMILES string of the molecule is Cc1ccc(NC(=O)[C@@H]2CCN(c3ccccc3)C2=O)cc1. The van der Waals surface area contributed by atoms with Gasteiger partial charge in [0.1, 0.15) is 5.92 Å². The highest BCUT2D eigenvalue weighted by molar-refractivity contribution is 6.13. The first-order chi connectivity index (χ1) is 10.6. The van der Waals surface area contributed by atoms with E-state index in [4.69, 9.17) is 0 Å². The average Bonchev–Trinajstić information content (AvgIpc) is 2.92. The summed E-state index contributed by atoms with van der Waals surface area (Å²) in [4.78, 5) is 26.5. The van der Waals surface area contributed by atoms with E-state index in [9.17, 15) is 9.59 Å². The number of carbonyl (C=O) groups is 2. The quantitative estimate of drug-likeness (QED) is 0.885. The normalized spacial score (nSPS) is 17.6. The molecule has 1 heterocycles. The first-order valence-corrected chi connectivity index (χ1v) is 7.39. The summed E-state index contributed by atoms with van der Waals surface area (Å²) in [5.41, 5.74) is 2.70. The third kappa shape index (κ3) is 2.86. The van der Waals surface area contributed by atoms with Gasteiger partial charge >= 0.3 is 0 Å². The van der Waals surface area contributed by atoms with E-state index in [-0.39, 0.29) is 11.8 Å². The van der Waals surface area contributed by atoms with Crippen LogP contribution in [0.5, 0.6) is 0 Å². The summed E-state index contributed by atoms with van der Waals surface area (Å²) in [6, 6.07) is 17.0. The van der Waals surface area contributed by atoms with Crippen LogP contribution in [0.3, 0.4) is 0 Å². The van der Waals surface area contributed by atoms with E-state index in [0.29, 0.717) is 13.0 Å². The molecule has 2 aromatic rings. The predicted octanol–water partition coefficient (Wildman–Crippen LogP) is 2.99. The monoisotopic (exact) mass is 294 g/mol. The highest BCUT2D eigenvalue weighted by atomic mass is 16.2. The Morgan fingerprint density at radius 2 is 1.77 bits per heavy atom. The third-order valence-corrected chi connectivity index (χ3v) is 3.91. The van der Waals surface area contributed by atoms with Crippen LogP contribution in [-0.4, -0.2) is 18.4 Å². The number of rotatable bonds is 3. The molecule has 1 atom stereocenters. The molecule has 0 radical (unpaired) electrons. The molecule has 0 aromatic heterocycles. The van der Waals surface area contributed by atoms with Gasteiger partial charge in [-0.1, -0.05) is 35.9 Å². The molecule has 0 spiro atoms. The maximum Gasteiger partial charge on any atom is 0.239 e. The Morgan fingerprint density at radius 1 is 1.09 bits per heavy atom. The molecule has 1 saturated heterocycles. The van der Waals surface area contributed by atoms with Gasteiger partial charge in [0.15, 0.2) is 0 Å². The minimum Gasteiger partial charge on any atom is -0.325 e. The van der Waals surface area contributed by atoms with Gasteiger partial charge in [0.25, 0.3) is 0 Å². The van der Waals surface area contributed by atoms with E-state index in [1.54, 1.807) is 4.90 Å². The second-order valence-corrected chi connectivity index (χ2v) is 5.52. The topological polar surface area (TPSA) is 49.4 Å². The molecule has 0 unspecified atom stereocenters. The molecule has 0 saturated carbocycles. The van der Waals surface area contributed by atoms with Gasteiger partial charge in [-0.3, -0.25) is 9.59 Å². The van der Waals surface area contributed by atoms with Crippen molar-refractivity contribution in [1.29, 1.82) is 0 Å². The number of nitrogens with one attached hydrogen (secondary N) is 1. The first-order valence-electron chi connectivity index (χ1n) is 7.39. The van der Waals surface area contributed by atoms with Crippen molar-refractivity contribution in [2.45, 2.75) is 13.3 Å². The number of nitrogens with zero attached hydrogens (tertiary/aromatic N) is 1. The zero-order chi connectivity index (χ0) is 15.5. The molecule has 112 valence electrons.